The lowest BCUT2D eigenvalue weighted by atomic mass is 9.98. The van der Waals surface area contributed by atoms with Crippen LogP contribution >= 0.6 is 0 Å². The van der Waals surface area contributed by atoms with Crippen molar-refractivity contribution in [1.29, 1.82) is 0 Å². The summed E-state index contributed by atoms with van der Waals surface area (Å²) in [4.78, 5) is 26.3. The van der Waals surface area contributed by atoms with E-state index in [1.54, 1.807) is 4.90 Å². The summed E-state index contributed by atoms with van der Waals surface area (Å²) in [7, 11) is 0. The number of rotatable bonds is 6. The van der Waals surface area contributed by atoms with Crippen LogP contribution in [0.1, 0.15) is 40.5 Å². The van der Waals surface area contributed by atoms with Crippen molar-refractivity contribution in [1.82, 2.24) is 0 Å². The molecule has 0 unspecified atom stereocenters. The van der Waals surface area contributed by atoms with E-state index in [4.69, 9.17) is 4.74 Å². The van der Waals surface area contributed by atoms with E-state index < -0.39 is 5.54 Å². The van der Waals surface area contributed by atoms with Crippen LogP contribution in [0.25, 0.3) is 0 Å². The lowest BCUT2D eigenvalue weighted by Crippen LogP contribution is -2.54. The fourth-order valence-corrected chi connectivity index (χ4v) is 2.85. The second-order valence-corrected chi connectivity index (χ2v) is 6.40. The van der Waals surface area contributed by atoms with Gasteiger partial charge in [-0.2, -0.15) is 0 Å². The average Bonchev–Trinajstić information content (AvgIpc) is 2.52. The minimum Gasteiger partial charge on any atom is -0.464 e. The van der Waals surface area contributed by atoms with E-state index in [1.165, 1.54) is 0 Å². The largest absolute Gasteiger partial charge is 0.464 e. The summed E-state index contributed by atoms with van der Waals surface area (Å²) in [6, 6.07) is 7.68. The van der Waals surface area contributed by atoms with Crippen LogP contribution in [-0.4, -0.2) is 30.6 Å². The number of fused-ring (bicyclic) bond motifs is 1. The Kier molecular flexibility index (Phi) is 5.29. The molecular weight excluding hydrogens is 292 g/mol. The summed E-state index contributed by atoms with van der Waals surface area (Å²) in [6.45, 7) is 8.25. The molecule has 23 heavy (non-hydrogen) atoms. The summed E-state index contributed by atoms with van der Waals surface area (Å²) in [5.74, 6) is -0.252. The molecule has 0 aliphatic carbocycles. The van der Waals surface area contributed by atoms with Gasteiger partial charge in [0.15, 0.2) is 0 Å². The fraction of sp³-hybridized carbons (Fsp3) is 0.556. The Morgan fingerprint density at radius 1 is 1.26 bits per heavy atom. The molecule has 126 valence electrons. The number of benzene rings is 1. The number of nitrogens with zero attached hydrogens (tertiary/aromatic N) is 1. The van der Waals surface area contributed by atoms with Gasteiger partial charge in [-0.3, -0.25) is 9.59 Å². The predicted octanol–water partition coefficient (Wildman–Crippen LogP) is 3.20. The maximum atomic E-state index is 12.7. The molecule has 1 aromatic carbocycles. The molecule has 5 nitrogen and oxygen atoms in total. The molecule has 1 N–H and O–H groups in total. The Balaban J connectivity index is 2.07. The molecule has 1 heterocycles. The van der Waals surface area contributed by atoms with Gasteiger partial charge < -0.3 is 15.0 Å². The van der Waals surface area contributed by atoms with E-state index in [-0.39, 0.29) is 24.4 Å². The monoisotopic (exact) mass is 318 g/mol. The van der Waals surface area contributed by atoms with E-state index in [2.05, 4.69) is 5.32 Å². The van der Waals surface area contributed by atoms with Gasteiger partial charge in [-0.05, 0) is 38.8 Å². The topological polar surface area (TPSA) is 58.6 Å². The first-order chi connectivity index (χ1) is 10.9. The zero-order chi connectivity index (χ0) is 17.0. The Bertz CT molecular complexity index is 579. The van der Waals surface area contributed by atoms with Gasteiger partial charge in [0, 0.05) is 0 Å². The highest BCUT2D eigenvalue weighted by molar-refractivity contribution is 6.07. The molecule has 1 aliphatic rings. The number of hydrogen-bond donors (Lipinski definition) is 1. The molecule has 5 heteroatoms. The van der Waals surface area contributed by atoms with Gasteiger partial charge >= 0.3 is 5.97 Å². The number of amides is 1. The van der Waals surface area contributed by atoms with Crippen LogP contribution in [0.5, 0.6) is 0 Å². The van der Waals surface area contributed by atoms with E-state index in [0.717, 1.165) is 24.2 Å². The molecule has 1 aromatic rings. The Morgan fingerprint density at radius 2 is 1.91 bits per heavy atom. The predicted molar refractivity (Wildman–Crippen MR) is 91.5 cm³/mol. The fourth-order valence-electron chi connectivity index (χ4n) is 2.85. The third-order valence-electron chi connectivity index (χ3n) is 4.30. The van der Waals surface area contributed by atoms with Gasteiger partial charge in [0.1, 0.15) is 12.1 Å². The molecule has 0 saturated carbocycles. The standard InChI is InChI=1S/C18H26N2O3/c1-5-13(6-2)16(21)23-12-11-20-15-10-8-7-9-14(15)19-18(3,4)17(20)22/h7-10,13,19H,5-6,11-12H2,1-4H3. The highest BCUT2D eigenvalue weighted by Crippen LogP contribution is 2.34. The molecule has 2 rings (SSSR count). The minimum atomic E-state index is -0.673. The van der Waals surface area contributed by atoms with Crippen LogP contribution in [0.15, 0.2) is 24.3 Å². The van der Waals surface area contributed by atoms with E-state index in [9.17, 15) is 9.59 Å². The zero-order valence-electron chi connectivity index (χ0n) is 14.4. The van der Waals surface area contributed by atoms with Crippen molar-refractivity contribution in [2.75, 3.05) is 23.4 Å². The van der Waals surface area contributed by atoms with Gasteiger partial charge in [0.2, 0.25) is 0 Å². The van der Waals surface area contributed by atoms with Crippen LogP contribution in [0.2, 0.25) is 0 Å². The maximum absolute atomic E-state index is 12.7. The highest BCUT2D eigenvalue weighted by atomic mass is 16.5. The summed E-state index contributed by atoms with van der Waals surface area (Å²) < 4.78 is 5.37. The normalized spacial score (nSPS) is 16.0. The van der Waals surface area contributed by atoms with Crippen molar-refractivity contribution in [2.45, 2.75) is 46.1 Å². The molecule has 0 saturated heterocycles. The third-order valence-corrected chi connectivity index (χ3v) is 4.30. The second kappa shape index (κ2) is 7.02. The van der Waals surface area contributed by atoms with Crippen LogP contribution in [0, 0.1) is 5.92 Å². The molecule has 0 aromatic heterocycles. The molecular formula is C18H26N2O3. The molecule has 0 spiro atoms. The first-order valence-electron chi connectivity index (χ1n) is 8.26. The summed E-state index contributed by atoms with van der Waals surface area (Å²) >= 11 is 0. The molecule has 0 radical (unpaired) electrons. The number of hydrogen-bond acceptors (Lipinski definition) is 4. The van der Waals surface area contributed by atoms with Gasteiger partial charge in [0.05, 0.1) is 23.8 Å². The SMILES string of the molecule is CCC(CC)C(=O)OCCN1C(=O)C(C)(C)Nc2ccccc21. The molecule has 0 atom stereocenters. The number of carbonyl (C=O) groups excluding carboxylic acids is 2. The number of anilines is 2. The van der Waals surface area contributed by atoms with E-state index in [0.29, 0.717) is 6.54 Å². The summed E-state index contributed by atoms with van der Waals surface area (Å²) in [5.41, 5.74) is 1.08. The van der Waals surface area contributed by atoms with Crippen LogP contribution < -0.4 is 10.2 Å². The van der Waals surface area contributed by atoms with Crippen molar-refractivity contribution >= 4 is 23.3 Å². The van der Waals surface area contributed by atoms with E-state index in [1.807, 2.05) is 52.0 Å². The van der Waals surface area contributed by atoms with Crippen molar-refractivity contribution in [3.05, 3.63) is 24.3 Å². The number of nitrogens with one attached hydrogen (secondary N) is 1. The lowest BCUT2D eigenvalue weighted by molar-refractivity contribution is -0.148. The number of ether oxygens (including phenoxy) is 1. The van der Waals surface area contributed by atoms with Crippen LogP contribution in [-0.2, 0) is 14.3 Å². The van der Waals surface area contributed by atoms with Crippen molar-refractivity contribution in [2.24, 2.45) is 5.92 Å². The molecule has 0 fully saturated rings. The second-order valence-electron chi connectivity index (χ2n) is 6.40. The first-order valence-corrected chi connectivity index (χ1v) is 8.26. The number of carbonyl (C=O) groups is 2. The smallest absolute Gasteiger partial charge is 0.308 e. The van der Waals surface area contributed by atoms with Crippen LogP contribution in [0.4, 0.5) is 11.4 Å². The van der Waals surface area contributed by atoms with E-state index >= 15 is 0 Å². The molecule has 1 amide bonds. The average molecular weight is 318 g/mol. The van der Waals surface area contributed by atoms with Crippen molar-refractivity contribution in [3.8, 4) is 0 Å². The molecule has 0 bridgehead atoms. The zero-order valence-corrected chi connectivity index (χ0v) is 14.4. The highest BCUT2D eigenvalue weighted by Gasteiger charge is 2.38. The Morgan fingerprint density at radius 3 is 2.57 bits per heavy atom. The van der Waals surface area contributed by atoms with Gasteiger partial charge in [0.25, 0.3) is 5.91 Å². The Hall–Kier alpha value is -2.04. The maximum Gasteiger partial charge on any atom is 0.308 e. The minimum absolute atomic E-state index is 0.0187. The first kappa shape index (κ1) is 17.3. The number of esters is 1. The lowest BCUT2D eigenvalue weighted by Gasteiger charge is -2.39. The van der Waals surface area contributed by atoms with Crippen molar-refractivity contribution < 1.29 is 14.3 Å². The van der Waals surface area contributed by atoms with Crippen LogP contribution in [0.3, 0.4) is 0 Å². The Labute approximate surface area is 138 Å². The van der Waals surface area contributed by atoms with Gasteiger partial charge in [-0.25, -0.2) is 0 Å². The number of para-hydroxylation sites is 2. The summed E-state index contributed by atoms with van der Waals surface area (Å²) in [5, 5.41) is 3.25. The quantitative estimate of drug-likeness (QED) is 0.818. The third kappa shape index (κ3) is 3.66. The van der Waals surface area contributed by atoms with Gasteiger partial charge in [-0.1, -0.05) is 26.0 Å². The van der Waals surface area contributed by atoms with Crippen molar-refractivity contribution in [3.63, 3.8) is 0 Å². The molecule has 1 aliphatic heterocycles. The summed E-state index contributed by atoms with van der Waals surface area (Å²) in [6.07, 6.45) is 1.55. The van der Waals surface area contributed by atoms with Gasteiger partial charge in [-0.15, -0.1) is 0 Å².